The van der Waals surface area contributed by atoms with Crippen molar-refractivity contribution in [3.8, 4) is 0 Å². The quantitative estimate of drug-likeness (QED) is 0.655. The second-order valence-electron chi connectivity index (χ2n) is 5.50. The van der Waals surface area contributed by atoms with Gasteiger partial charge in [-0.15, -0.1) is 0 Å². The number of rotatable bonds is 11. The largest absolute Gasteiger partial charge is 0.380 e. The van der Waals surface area contributed by atoms with Crippen LogP contribution in [-0.2, 0) is 11.2 Å². The molecule has 0 heterocycles. The molecule has 0 radical (unpaired) electrons. The molecule has 2 unspecified atom stereocenters. The fourth-order valence-corrected chi connectivity index (χ4v) is 2.69. The highest BCUT2D eigenvalue weighted by Gasteiger charge is 2.19. The Hall–Kier alpha value is -0.860. The maximum Gasteiger partial charge on any atom is 0.0724 e. The van der Waals surface area contributed by atoms with E-state index < -0.39 is 0 Å². The molecule has 0 saturated carbocycles. The molecule has 1 N–H and O–H groups in total. The molecule has 0 aliphatic heterocycles. The topological polar surface area (TPSA) is 21.3 Å². The molecular formula is C18H31NO. The SMILES string of the molecule is CCCNC(CCCc1ccccc1)C(CCC)OC. The van der Waals surface area contributed by atoms with Crippen molar-refractivity contribution >= 4 is 0 Å². The van der Waals surface area contributed by atoms with Crippen LogP contribution < -0.4 is 5.32 Å². The summed E-state index contributed by atoms with van der Waals surface area (Å²) in [6.07, 6.45) is 7.42. The van der Waals surface area contributed by atoms with Crippen molar-refractivity contribution in [3.63, 3.8) is 0 Å². The molecule has 1 aromatic rings. The summed E-state index contributed by atoms with van der Waals surface area (Å²) in [5, 5.41) is 3.67. The number of benzene rings is 1. The van der Waals surface area contributed by atoms with Gasteiger partial charge in [-0.25, -0.2) is 0 Å². The Labute approximate surface area is 124 Å². The molecular weight excluding hydrogens is 246 g/mol. The maximum absolute atomic E-state index is 5.69. The van der Waals surface area contributed by atoms with Crippen molar-refractivity contribution in [2.24, 2.45) is 0 Å². The number of nitrogens with one attached hydrogen (secondary N) is 1. The third-order valence-corrected chi connectivity index (χ3v) is 3.80. The molecule has 2 heteroatoms. The van der Waals surface area contributed by atoms with Crippen LogP contribution in [0, 0.1) is 0 Å². The molecule has 114 valence electrons. The number of aryl methyl sites for hydroxylation is 1. The van der Waals surface area contributed by atoms with E-state index in [4.69, 9.17) is 4.74 Å². The second kappa shape index (κ2) is 10.9. The van der Waals surface area contributed by atoms with Crippen molar-refractivity contribution in [1.82, 2.24) is 5.32 Å². The van der Waals surface area contributed by atoms with Gasteiger partial charge < -0.3 is 10.1 Å². The van der Waals surface area contributed by atoms with Gasteiger partial charge in [0.2, 0.25) is 0 Å². The predicted octanol–water partition coefficient (Wildman–Crippen LogP) is 4.19. The Bertz CT molecular complexity index is 325. The van der Waals surface area contributed by atoms with Gasteiger partial charge in [-0.05, 0) is 44.2 Å². The van der Waals surface area contributed by atoms with E-state index in [-0.39, 0.29) is 0 Å². The molecule has 2 atom stereocenters. The smallest absolute Gasteiger partial charge is 0.0724 e. The van der Waals surface area contributed by atoms with Crippen LogP contribution in [-0.4, -0.2) is 25.8 Å². The first kappa shape index (κ1) is 17.2. The summed E-state index contributed by atoms with van der Waals surface area (Å²) in [5.74, 6) is 0. The van der Waals surface area contributed by atoms with Gasteiger partial charge in [-0.1, -0.05) is 50.6 Å². The average molecular weight is 277 g/mol. The molecule has 0 saturated heterocycles. The summed E-state index contributed by atoms with van der Waals surface area (Å²) in [5.41, 5.74) is 1.44. The molecule has 20 heavy (non-hydrogen) atoms. The van der Waals surface area contributed by atoms with Gasteiger partial charge in [0.05, 0.1) is 6.10 Å². The van der Waals surface area contributed by atoms with Gasteiger partial charge in [0, 0.05) is 13.2 Å². The van der Waals surface area contributed by atoms with E-state index in [0.29, 0.717) is 12.1 Å². The first-order chi connectivity index (χ1) is 9.81. The number of methoxy groups -OCH3 is 1. The molecule has 2 nitrogen and oxygen atoms in total. The van der Waals surface area contributed by atoms with Gasteiger partial charge in [0.25, 0.3) is 0 Å². The Morgan fingerprint density at radius 3 is 2.40 bits per heavy atom. The highest BCUT2D eigenvalue weighted by molar-refractivity contribution is 5.14. The Morgan fingerprint density at radius 1 is 1.05 bits per heavy atom. The summed E-state index contributed by atoms with van der Waals surface area (Å²) in [4.78, 5) is 0. The summed E-state index contributed by atoms with van der Waals surface area (Å²) in [6.45, 7) is 5.53. The van der Waals surface area contributed by atoms with Gasteiger partial charge in [0.15, 0.2) is 0 Å². The molecule has 0 spiro atoms. The monoisotopic (exact) mass is 277 g/mol. The van der Waals surface area contributed by atoms with E-state index in [1.54, 1.807) is 0 Å². The zero-order valence-electron chi connectivity index (χ0n) is 13.4. The van der Waals surface area contributed by atoms with Crippen LogP contribution in [0.4, 0.5) is 0 Å². The zero-order valence-corrected chi connectivity index (χ0v) is 13.4. The van der Waals surface area contributed by atoms with Crippen LogP contribution >= 0.6 is 0 Å². The lowest BCUT2D eigenvalue weighted by Gasteiger charge is -2.27. The highest BCUT2D eigenvalue weighted by Crippen LogP contribution is 2.14. The van der Waals surface area contributed by atoms with Gasteiger partial charge in [-0.3, -0.25) is 0 Å². The minimum Gasteiger partial charge on any atom is -0.380 e. The number of hydrogen-bond acceptors (Lipinski definition) is 2. The molecule has 1 rings (SSSR count). The van der Waals surface area contributed by atoms with Crippen molar-refractivity contribution in [1.29, 1.82) is 0 Å². The Balaban J connectivity index is 2.42. The van der Waals surface area contributed by atoms with Crippen LogP contribution in [0.15, 0.2) is 30.3 Å². The van der Waals surface area contributed by atoms with Crippen molar-refractivity contribution in [2.75, 3.05) is 13.7 Å². The van der Waals surface area contributed by atoms with Crippen molar-refractivity contribution in [2.45, 2.75) is 64.5 Å². The summed E-state index contributed by atoms with van der Waals surface area (Å²) in [7, 11) is 1.85. The third kappa shape index (κ3) is 6.53. The van der Waals surface area contributed by atoms with Gasteiger partial charge >= 0.3 is 0 Å². The highest BCUT2D eigenvalue weighted by atomic mass is 16.5. The standard InChI is InChI=1S/C18H31NO/c1-4-10-18(20-3)17(19-15-5-2)14-9-13-16-11-7-6-8-12-16/h6-8,11-12,17-19H,4-5,9-10,13-15H2,1-3H3. The summed E-state index contributed by atoms with van der Waals surface area (Å²) in [6, 6.07) is 11.2. The van der Waals surface area contributed by atoms with Crippen LogP contribution in [0.2, 0.25) is 0 Å². The van der Waals surface area contributed by atoms with Gasteiger partial charge in [-0.2, -0.15) is 0 Å². The molecule has 0 bridgehead atoms. The van der Waals surface area contributed by atoms with E-state index in [9.17, 15) is 0 Å². The molecule has 0 fully saturated rings. The summed E-state index contributed by atoms with van der Waals surface area (Å²) < 4.78 is 5.69. The lowest BCUT2D eigenvalue weighted by Crippen LogP contribution is -2.41. The van der Waals surface area contributed by atoms with Crippen LogP contribution in [0.5, 0.6) is 0 Å². The van der Waals surface area contributed by atoms with E-state index in [2.05, 4.69) is 49.5 Å². The molecule has 0 aliphatic carbocycles. The van der Waals surface area contributed by atoms with Crippen molar-refractivity contribution in [3.05, 3.63) is 35.9 Å². The predicted molar refractivity (Wildman–Crippen MR) is 87.2 cm³/mol. The minimum absolute atomic E-state index is 0.349. The van der Waals surface area contributed by atoms with Crippen LogP contribution in [0.1, 0.15) is 51.5 Å². The molecule has 1 aromatic carbocycles. The normalized spacial score (nSPS) is 14.2. The number of hydrogen-bond donors (Lipinski definition) is 1. The maximum atomic E-state index is 5.69. The second-order valence-corrected chi connectivity index (χ2v) is 5.50. The van der Waals surface area contributed by atoms with Crippen molar-refractivity contribution < 1.29 is 4.74 Å². The molecule has 0 amide bonds. The van der Waals surface area contributed by atoms with E-state index >= 15 is 0 Å². The van der Waals surface area contributed by atoms with Crippen LogP contribution in [0.25, 0.3) is 0 Å². The fourth-order valence-electron chi connectivity index (χ4n) is 2.69. The Kier molecular flexibility index (Phi) is 9.35. The van der Waals surface area contributed by atoms with E-state index in [0.717, 1.165) is 19.4 Å². The third-order valence-electron chi connectivity index (χ3n) is 3.80. The first-order valence-electron chi connectivity index (χ1n) is 8.11. The van der Waals surface area contributed by atoms with E-state index in [1.165, 1.54) is 31.2 Å². The summed E-state index contributed by atoms with van der Waals surface area (Å²) >= 11 is 0. The van der Waals surface area contributed by atoms with Gasteiger partial charge in [0.1, 0.15) is 0 Å². The average Bonchev–Trinajstić information content (AvgIpc) is 2.49. The molecule has 0 aliphatic rings. The Morgan fingerprint density at radius 2 is 1.80 bits per heavy atom. The van der Waals surface area contributed by atoms with Crippen LogP contribution in [0.3, 0.4) is 0 Å². The lowest BCUT2D eigenvalue weighted by atomic mass is 9.98. The zero-order chi connectivity index (χ0) is 14.6. The minimum atomic E-state index is 0.349. The number of ether oxygens (including phenoxy) is 1. The first-order valence-corrected chi connectivity index (χ1v) is 8.11. The fraction of sp³-hybridized carbons (Fsp3) is 0.667. The lowest BCUT2D eigenvalue weighted by molar-refractivity contribution is 0.0575. The van der Waals surface area contributed by atoms with E-state index in [1.807, 2.05) is 7.11 Å². The molecule has 0 aromatic heterocycles.